The number of amides is 2. The van der Waals surface area contributed by atoms with Crippen LogP contribution in [0.15, 0.2) is 36.7 Å². The van der Waals surface area contributed by atoms with Crippen LogP contribution in [-0.4, -0.2) is 70.8 Å². The number of aromatic nitrogens is 3. The quantitative estimate of drug-likeness (QED) is 0.694. The van der Waals surface area contributed by atoms with Gasteiger partial charge in [-0.2, -0.15) is 0 Å². The van der Waals surface area contributed by atoms with Crippen LogP contribution in [0.1, 0.15) is 6.92 Å². The molecule has 2 aliphatic heterocycles. The van der Waals surface area contributed by atoms with Crippen molar-refractivity contribution in [3.05, 3.63) is 42.5 Å². The molecule has 2 aromatic heterocycles. The molecule has 0 aliphatic carbocycles. The van der Waals surface area contributed by atoms with E-state index in [4.69, 9.17) is 4.74 Å². The van der Waals surface area contributed by atoms with Gasteiger partial charge in [-0.1, -0.05) is 0 Å². The molecule has 162 valence electrons. The zero-order valence-corrected chi connectivity index (χ0v) is 17.0. The van der Waals surface area contributed by atoms with E-state index in [9.17, 15) is 13.6 Å². The van der Waals surface area contributed by atoms with Gasteiger partial charge in [-0.3, -0.25) is 0 Å². The van der Waals surface area contributed by atoms with E-state index in [1.54, 1.807) is 12.4 Å². The fraction of sp³-hybridized carbons (Fsp3) is 0.381. The standard InChI is InChI=1S/C21H22F2N6O2/c1-13-9-27(4-5-31-13)17-6-14-10-29(26-20(14)24-8-17)19-7-16(2-3-18(19)23)25-21(30)28-11-15(22)12-28/h2-3,6-8,10,13,15H,4-5,9,11-12H2,1H3,(H,25,30)/t13-/m0/s1. The summed E-state index contributed by atoms with van der Waals surface area (Å²) in [6, 6.07) is 5.78. The minimum atomic E-state index is -0.982. The summed E-state index contributed by atoms with van der Waals surface area (Å²) in [6.07, 6.45) is 2.63. The number of likely N-dealkylation sites (tertiary alicyclic amines) is 1. The summed E-state index contributed by atoms with van der Waals surface area (Å²) in [5, 5.41) is 7.84. The Morgan fingerprint density at radius 1 is 1.26 bits per heavy atom. The second-order valence-electron chi connectivity index (χ2n) is 7.91. The van der Waals surface area contributed by atoms with Crippen LogP contribution in [0, 0.1) is 5.82 Å². The number of pyridine rings is 1. The van der Waals surface area contributed by atoms with Crippen molar-refractivity contribution in [2.24, 2.45) is 0 Å². The van der Waals surface area contributed by atoms with E-state index in [0.29, 0.717) is 17.9 Å². The maximum Gasteiger partial charge on any atom is 0.322 e. The SMILES string of the molecule is C[C@H]1CN(c2cnc3nn(-c4cc(NC(=O)N5CC(F)C5)ccc4F)cc3c2)CCO1. The third-order valence-corrected chi connectivity index (χ3v) is 5.52. The molecule has 5 rings (SSSR count). The van der Waals surface area contributed by atoms with Gasteiger partial charge >= 0.3 is 6.03 Å². The summed E-state index contributed by atoms with van der Waals surface area (Å²) in [7, 11) is 0. The summed E-state index contributed by atoms with van der Waals surface area (Å²) < 4.78 is 34.5. The molecule has 2 amide bonds. The van der Waals surface area contributed by atoms with Crippen LogP contribution < -0.4 is 10.2 Å². The highest BCUT2D eigenvalue weighted by atomic mass is 19.1. The molecule has 10 heteroatoms. The summed E-state index contributed by atoms with van der Waals surface area (Å²) in [5.41, 5.74) is 2.04. The summed E-state index contributed by atoms with van der Waals surface area (Å²) in [4.78, 5) is 20.1. The first-order chi connectivity index (χ1) is 15.0. The second-order valence-corrected chi connectivity index (χ2v) is 7.91. The third-order valence-electron chi connectivity index (χ3n) is 5.52. The molecule has 0 saturated carbocycles. The summed E-state index contributed by atoms with van der Waals surface area (Å²) in [5.74, 6) is -0.485. The molecule has 1 atom stereocenters. The molecule has 1 aromatic carbocycles. The van der Waals surface area contributed by atoms with E-state index in [0.717, 1.165) is 24.2 Å². The number of nitrogens with one attached hydrogen (secondary N) is 1. The van der Waals surface area contributed by atoms with Gasteiger partial charge in [0.15, 0.2) is 5.65 Å². The Balaban J connectivity index is 1.40. The predicted octanol–water partition coefficient (Wildman–Crippen LogP) is 2.97. The zero-order chi connectivity index (χ0) is 21.5. The van der Waals surface area contributed by atoms with Crippen LogP contribution in [0.3, 0.4) is 0 Å². The van der Waals surface area contributed by atoms with Crippen molar-refractivity contribution in [2.45, 2.75) is 19.2 Å². The highest BCUT2D eigenvalue weighted by Gasteiger charge is 2.30. The van der Waals surface area contributed by atoms with Gasteiger partial charge in [-0.25, -0.2) is 23.2 Å². The molecule has 3 aromatic rings. The van der Waals surface area contributed by atoms with Crippen molar-refractivity contribution in [2.75, 3.05) is 43.0 Å². The van der Waals surface area contributed by atoms with Gasteiger partial charge in [-0.15, -0.1) is 5.10 Å². The lowest BCUT2D eigenvalue weighted by Gasteiger charge is -2.34. The maximum atomic E-state index is 14.5. The lowest BCUT2D eigenvalue weighted by Crippen LogP contribution is -2.53. The highest BCUT2D eigenvalue weighted by Crippen LogP contribution is 2.25. The van der Waals surface area contributed by atoms with Gasteiger partial charge in [0.05, 0.1) is 37.7 Å². The Hall–Kier alpha value is -3.27. The zero-order valence-electron chi connectivity index (χ0n) is 17.0. The maximum absolute atomic E-state index is 14.5. The van der Waals surface area contributed by atoms with Crippen LogP contribution >= 0.6 is 0 Å². The average Bonchev–Trinajstić information content (AvgIpc) is 3.16. The van der Waals surface area contributed by atoms with Crippen molar-refractivity contribution < 1.29 is 18.3 Å². The molecular weight excluding hydrogens is 406 g/mol. The fourth-order valence-electron chi connectivity index (χ4n) is 3.81. The van der Waals surface area contributed by atoms with Gasteiger partial charge in [0.1, 0.15) is 17.7 Å². The van der Waals surface area contributed by atoms with Crippen LogP contribution in [0.2, 0.25) is 0 Å². The number of carbonyl (C=O) groups excluding carboxylic acids is 1. The number of fused-ring (bicyclic) bond motifs is 1. The number of benzene rings is 1. The van der Waals surface area contributed by atoms with E-state index >= 15 is 0 Å². The van der Waals surface area contributed by atoms with E-state index in [1.165, 1.54) is 27.8 Å². The lowest BCUT2D eigenvalue weighted by molar-refractivity contribution is 0.0532. The van der Waals surface area contributed by atoms with Gasteiger partial charge in [0.2, 0.25) is 0 Å². The molecule has 2 aliphatic rings. The van der Waals surface area contributed by atoms with Gasteiger partial charge in [0, 0.05) is 30.4 Å². The number of urea groups is 1. The van der Waals surface area contributed by atoms with Crippen LogP contribution in [0.4, 0.5) is 25.0 Å². The molecule has 31 heavy (non-hydrogen) atoms. The smallest absolute Gasteiger partial charge is 0.322 e. The third kappa shape index (κ3) is 3.90. The minimum absolute atomic E-state index is 0.0698. The van der Waals surface area contributed by atoms with Crippen LogP contribution in [0.5, 0.6) is 0 Å². The molecule has 0 unspecified atom stereocenters. The number of ether oxygens (including phenoxy) is 1. The monoisotopic (exact) mass is 428 g/mol. The van der Waals surface area contributed by atoms with Crippen molar-refractivity contribution in [3.63, 3.8) is 0 Å². The molecule has 0 radical (unpaired) electrons. The minimum Gasteiger partial charge on any atom is -0.375 e. The van der Waals surface area contributed by atoms with Crippen molar-refractivity contribution in [1.82, 2.24) is 19.7 Å². The highest BCUT2D eigenvalue weighted by molar-refractivity contribution is 5.90. The number of hydrogen-bond acceptors (Lipinski definition) is 5. The number of halogens is 2. The average molecular weight is 428 g/mol. The topological polar surface area (TPSA) is 75.5 Å². The number of nitrogens with zero attached hydrogens (tertiary/aromatic N) is 5. The lowest BCUT2D eigenvalue weighted by atomic mass is 10.2. The van der Waals surface area contributed by atoms with E-state index in [-0.39, 0.29) is 24.9 Å². The van der Waals surface area contributed by atoms with Crippen molar-refractivity contribution in [1.29, 1.82) is 0 Å². The molecule has 0 spiro atoms. The number of anilines is 2. The first-order valence-corrected chi connectivity index (χ1v) is 10.2. The molecule has 4 heterocycles. The van der Waals surface area contributed by atoms with Crippen molar-refractivity contribution >= 4 is 28.4 Å². The molecular formula is C21H22F2N6O2. The Bertz CT molecular complexity index is 1130. The Labute approximate surface area is 177 Å². The number of alkyl halides is 1. The van der Waals surface area contributed by atoms with Gasteiger partial charge in [-0.05, 0) is 31.2 Å². The molecule has 2 fully saturated rings. The van der Waals surface area contributed by atoms with Crippen molar-refractivity contribution in [3.8, 4) is 5.69 Å². The Morgan fingerprint density at radius 2 is 2.10 bits per heavy atom. The summed E-state index contributed by atoms with van der Waals surface area (Å²) in [6.45, 7) is 4.38. The van der Waals surface area contributed by atoms with Crippen LogP contribution in [-0.2, 0) is 4.74 Å². The normalized spacial score (nSPS) is 19.5. The molecule has 2 saturated heterocycles. The van der Waals surface area contributed by atoms with E-state index < -0.39 is 18.0 Å². The van der Waals surface area contributed by atoms with E-state index in [2.05, 4.69) is 20.3 Å². The molecule has 0 bridgehead atoms. The molecule has 1 N–H and O–H groups in total. The number of carbonyl (C=O) groups is 1. The largest absolute Gasteiger partial charge is 0.375 e. The molecule has 8 nitrogen and oxygen atoms in total. The summed E-state index contributed by atoms with van der Waals surface area (Å²) >= 11 is 0. The fourth-order valence-corrected chi connectivity index (χ4v) is 3.81. The van der Waals surface area contributed by atoms with Crippen LogP contribution in [0.25, 0.3) is 16.7 Å². The van der Waals surface area contributed by atoms with Gasteiger partial charge < -0.3 is 19.9 Å². The number of rotatable bonds is 3. The second kappa shape index (κ2) is 7.77. The number of morpholine rings is 1. The Morgan fingerprint density at radius 3 is 2.87 bits per heavy atom. The van der Waals surface area contributed by atoms with Gasteiger partial charge in [0.25, 0.3) is 0 Å². The Kier molecular flexibility index (Phi) is 4.93. The predicted molar refractivity (Wildman–Crippen MR) is 112 cm³/mol. The first kappa shape index (κ1) is 19.7. The number of hydrogen-bond donors (Lipinski definition) is 1. The first-order valence-electron chi connectivity index (χ1n) is 10.2. The van der Waals surface area contributed by atoms with E-state index in [1.807, 2.05) is 13.0 Å².